The van der Waals surface area contributed by atoms with E-state index in [-0.39, 0.29) is 10.6 Å². The van der Waals surface area contributed by atoms with Gasteiger partial charge in [-0.2, -0.15) is 13.2 Å². The first-order valence-electron chi connectivity index (χ1n) is 4.37. The summed E-state index contributed by atoms with van der Waals surface area (Å²) < 4.78 is 35.9. The maximum atomic E-state index is 12.0. The Balaban J connectivity index is 2.64. The highest BCUT2D eigenvalue weighted by molar-refractivity contribution is 7.99. The first-order chi connectivity index (χ1) is 7.80. The van der Waals surface area contributed by atoms with Crippen LogP contribution in [-0.4, -0.2) is 39.2 Å². The SMILES string of the molecule is O=C(O)c1ccnc(SCC(O)C(F)(F)F)c1. The Morgan fingerprint density at radius 1 is 1.53 bits per heavy atom. The lowest BCUT2D eigenvalue weighted by molar-refractivity contribution is -0.195. The zero-order valence-corrected chi connectivity index (χ0v) is 9.13. The Morgan fingerprint density at radius 3 is 2.71 bits per heavy atom. The van der Waals surface area contributed by atoms with E-state index in [1.807, 2.05) is 0 Å². The minimum absolute atomic E-state index is 0.0657. The van der Waals surface area contributed by atoms with E-state index < -0.39 is 24.0 Å². The highest BCUT2D eigenvalue weighted by Gasteiger charge is 2.38. The summed E-state index contributed by atoms with van der Waals surface area (Å²) in [5.74, 6) is -1.81. The van der Waals surface area contributed by atoms with Crippen molar-refractivity contribution in [1.29, 1.82) is 0 Å². The maximum absolute atomic E-state index is 12.0. The fourth-order valence-corrected chi connectivity index (χ4v) is 1.74. The standard InChI is InChI=1S/C9H8F3NO3S/c10-9(11,12)6(14)4-17-7-3-5(8(15)16)1-2-13-7/h1-3,6,14H,4H2,(H,15,16). The number of hydrogen-bond donors (Lipinski definition) is 2. The van der Waals surface area contributed by atoms with E-state index in [1.165, 1.54) is 12.3 Å². The van der Waals surface area contributed by atoms with Crippen LogP contribution < -0.4 is 0 Å². The number of halogens is 3. The number of aliphatic hydroxyl groups excluding tert-OH is 1. The van der Waals surface area contributed by atoms with Crippen molar-refractivity contribution in [1.82, 2.24) is 4.98 Å². The molecule has 1 rings (SSSR count). The molecule has 2 N–H and O–H groups in total. The molecule has 0 fully saturated rings. The summed E-state index contributed by atoms with van der Waals surface area (Å²) in [7, 11) is 0. The van der Waals surface area contributed by atoms with Gasteiger partial charge in [-0.05, 0) is 12.1 Å². The predicted octanol–water partition coefficient (Wildman–Crippen LogP) is 1.80. The van der Waals surface area contributed by atoms with Gasteiger partial charge in [-0.3, -0.25) is 0 Å². The second-order valence-electron chi connectivity index (χ2n) is 3.06. The molecule has 0 aromatic carbocycles. The molecule has 0 saturated heterocycles. The number of carbonyl (C=O) groups is 1. The first kappa shape index (κ1) is 13.8. The lowest BCUT2D eigenvalue weighted by Crippen LogP contribution is -2.30. The molecule has 0 saturated carbocycles. The molecule has 4 nitrogen and oxygen atoms in total. The average molecular weight is 267 g/mol. The highest BCUT2D eigenvalue weighted by Crippen LogP contribution is 2.26. The molecule has 8 heteroatoms. The second-order valence-corrected chi connectivity index (χ2v) is 4.10. The molecule has 94 valence electrons. The number of aliphatic hydroxyl groups is 1. The van der Waals surface area contributed by atoms with Crippen LogP contribution in [0.3, 0.4) is 0 Å². The van der Waals surface area contributed by atoms with Gasteiger partial charge in [-0.25, -0.2) is 9.78 Å². The summed E-state index contributed by atoms with van der Waals surface area (Å²) in [6.45, 7) is 0. The number of carboxylic acids is 1. The minimum Gasteiger partial charge on any atom is -0.478 e. The second kappa shape index (κ2) is 5.37. The number of aromatic nitrogens is 1. The first-order valence-corrected chi connectivity index (χ1v) is 5.36. The molecule has 0 amide bonds. The summed E-state index contributed by atoms with van der Waals surface area (Å²) in [5.41, 5.74) is -0.0657. The van der Waals surface area contributed by atoms with Crippen molar-refractivity contribution in [3.05, 3.63) is 23.9 Å². The Bertz CT molecular complexity index is 411. The van der Waals surface area contributed by atoms with Crippen molar-refractivity contribution < 1.29 is 28.2 Å². The van der Waals surface area contributed by atoms with Crippen LogP contribution in [0.5, 0.6) is 0 Å². The van der Waals surface area contributed by atoms with E-state index in [4.69, 9.17) is 10.2 Å². The van der Waals surface area contributed by atoms with Crippen LogP contribution in [0, 0.1) is 0 Å². The topological polar surface area (TPSA) is 70.4 Å². The summed E-state index contributed by atoms with van der Waals surface area (Å²) in [6.07, 6.45) is -5.95. The van der Waals surface area contributed by atoms with Crippen molar-refractivity contribution in [3.63, 3.8) is 0 Å². The van der Waals surface area contributed by atoms with Crippen LogP contribution in [-0.2, 0) is 0 Å². The lowest BCUT2D eigenvalue weighted by atomic mass is 10.3. The van der Waals surface area contributed by atoms with Gasteiger partial charge in [0.25, 0.3) is 0 Å². The third-order valence-electron chi connectivity index (χ3n) is 1.75. The molecular weight excluding hydrogens is 259 g/mol. The molecule has 0 spiro atoms. The van der Waals surface area contributed by atoms with Crippen molar-refractivity contribution in [3.8, 4) is 0 Å². The van der Waals surface area contributed by atoms with E-state index in [9.17, 15) is 18.0 Å². The molecule has 0 aliphatic carbocycles. The van der Waals surface area contributed by atoms with Gasteiger partial charge in [0.15, 0.2) is 6.10 Å². The predicted molar refractivity (Wildman–Crippen MR) is 54.0 cm³/mol. The van der Waals surface area contributed by atoms with Gasteiger partial charge >= 0.3 is 12.1 Å². The molecule has 1 heterocycles. The molecule has 1 unspecified atom stereocenters. The zero-order chi connectivity index (χ0) is 13.1. The van der Waals surface area contributed by atoms with Gasteiger partial charge in [0, 0.05) is 11.9 Å². The van der Waals surface area contributed by atoms with Crippen LogP contribution in [0.15, 0.2) is 23.4 Å². The Labute approximate surface area is 98.5 Å². The smallest absolute Gasteiger partial charge is 0.415 e. The molecule has 1 aromatic rings. The molecule has 0 aliphatic heterocycles. The number of carboxylic acid groups (broad SMARTS) is 1. The Kier molecular flexibility index (Phi) is 4.35. The quantitative estimate of drug-likeness (QED) is 0.814. The number of rotatable bonds is 4. The number of alkyl halides is 3. The third kappa shape index (κ3) is 4.23. The van der Waals surface area contributed by atoms with Gasteiger partial charge in [-0.15, -0.1) is 11.8 Å². The van der Waals surface area contributed by atoms with Crippen molar-refractivity contribution >= 4 is 17.7 Å². The monoisotopic (exact) mass is 267 g/mol. The largest absolute Gasteiger partial charge is 0.478 e. The van der Waals surface area contributed by atoms with Gasteiger partial charge in [0.1, 0.15) is 0 Å². The third-order valence-corrected chi connectivity index (χ3v) is 2.75. The molecule has 0 bridgehead atoms. The summed E-state index contributed by atoms with van der Waals surface area (Å²) >= 11 is 0.643. The van der Waals surface area contributed by atoms with Crippen LogP contribution in [0.1, 0.15) is 10.4 Å². The summed E-state index contributed by atoms with van der Waals surface area (Å²) in [5, 5.41) is 17.5. The van der Waals surface area contributed by atoms with Crippen molar-refractivity contribution in [2.24, 2.45) is 0 Å². The molecule has 1 atom stereocenters. The average Bonchev–Trinajstić information content (AvgIpc) is 2.25. The Morgan fingerprint density at radius 2 is 2.18 bits per heavy atom. The molecular formula is C9H8F3NO3S. The number of aromatic carboxylic acids is 1. The van der Waals surface area contributed by atoms with Gasteiger partial charge in [0.05, 0.1) is 10.6 Å². The van der Waals surface area contributed by atoms with Crippen molar-refractivity contribution in [2.75, 3.05) is 5.75 Å². The van der Waals surface area contributed by atoms with Gasteiger partial charge in [0.2, 0.25) is 0 Å². The number of hydrogen-bond acceptors (Lipinski definition) is 4. The van der Waals surface area contributed by atoms with E-state index in [0.717, 1.165) is 6.07 Å². The number of thioether (sulfide) groups is 1. The number of pyridine rings is 1. The fraction of sp³-hybridized carbons (Fsp3) is 0.333. The molecule has 0 radical (unpaired) electrons. The van der Waals surface area contributed by atoms with E-state index >= 15 is 0 Å². The summed E-state index contributed by atoms with van der Waals surface area (Å²) in [6, 6.07) is 2.38. The lowest BCUT2D eigenvalue weighted by Gasteiger charge is -2.13. The molecule has 1 aromatic heterocycles. The highest BCUT2D eigenvalue weighted by atomic mass is 32.2. The van der Waals surface area contributed by atoms with Crippen LogP contribution >= 0.6 is 11.8 Å². The molecule has 0 aliphatic rings. The number of nitrogens with zero attached hydrogens (tertiary/aromatic N) is 1. The van der Waals surface area contributed by atoms with Gasteiger partial charge in [-0.1, -0.05) is 0 Å². The van der Waals surface area contributed by atoms with Crippen LogP contribution in [0.25, 0.3) is 0 Å². The van der Waals surface area contributed by atoms with Crippen LogP contribution in [0.2, 0.25) is 0 Å². The van der Waals surface area contributed by atoms with Gasteiger partial charge < -0.3 is 10.2 Å². The molecule has 17 heavy (non-hydrogen) atoms. The van der Waals surface area contributed by atoms with E-state index in [0.29, 0.717) is 11.8 Å². The maximum Gasteiger partial charge on any atom is 0.415 e. The van der Waals surface area contributed by atoms with Crippen LogP contribution in [0.4, 0.5) is 13.2 Å². The Hall–Kier alpha value is -1.28. The normalized spacial score (nSPS) is 13.4. The van der Waals surface area contributed by atoms with E-state index in [1.54, 1.807) is 0 Å². The fourth-order valence-electron chi connectivity index (χ4n) is 0.880. The minimum atomic E-state index is -4.68. The zero-order valence-electron chi connectivity index (χ0n) is 8.31. The van der Waals surface area contributed by atoms with Crippen molar-refractivity contribution in [2.45, 2.75) is 17.3 Å². The summed E-state index contributed by atoms with van der Waals surface area (Å²) in [4.78, 5) is 14.3. The van der Waals surface area contributed by atoms with E-state index in [2.05, 4.69) is 4.98 Å².